The van der Waals surface area contributed by atoms with Crippen molar-refractivity contribution in [3.05, 3.63) is 59.2 Å². The molecule has 0 bridgehead atoms. The maximum atomic E-state index is 14.4. The van der Waals surface area contributed by atoms with Gasteiger partial charge in [-0.05, 0) is 124 Å². The van der Waals surface area contributed by atoms with E-state index in [0.29, 0.717) is 17.0 Å². The van der Waals surface area contributed by atoms with Gasteiger partial charge >= 0.3 is 0 Å². The van der Waals surface area contributed by atoms with Crippen LogP contribution in [0.4, 0.5) is 8.78 Å². The molecule has 0 aliphatic heterocycles. The highest BCUT2D eigenvalue weighted by atomic mass is 19.2. The normalized spacial score (nSPS) is 33.6. The Labute approximate surface area is 194 Å². The lowest BCUT2D eigenvalue weighted by atomic mass is 9.71. The molecule has 2 atom stereocenters. The Morgan fingerprint density at radius 3 is 2.03 bits per heavy atom. The van der Waals surface area contributed by atoms with E-state index in [2.05, 4.69) is 31.2 Å². The van der Waals surface area contributed by atoms with Gasteiger partial charge in [0, 0.05) is 0 Å². The van der Waals surface area contributed by atoms with Crippen LogP contribution in [0.1, 0.15) is 101 Å². The average Bonchev–Trinajstić information content (AvgIpc) is 2.83. The molecule has 3 aliphatic carbocycles. The van der Waals surface area contributed by atoms with Gasteiger partial charge < -0.3 is 0 Å². The van der Waals surface area contributed by atoms with Crippen molar-refractivity contribution in [3.63, 3.8) is 0 Å². The summed E-state index contributed by atoms with van der Waals surface area (Å²) in [5.41, 5.74) is 0.990. The van der Waals surface area contributed by atoms with Crippen LogP contribution in [0.15, 0.2) is 36.4 Å². The van der Waals surface area contributed by atoms with Gasteiger partial charge in [0.1, 0.15) is 0 Å². The first-order valence-corrected chi connectivity index (χ1v) is 13.4. The molecule has 0 aromatic heterocycles. The second-order valence-corrected chi connectivity index (χ2v) is 10.9. The Bertz CT molecular complexity index is 791. The summed E-state index contributed by atoms with van der Waals surface area (Å²) in [6, 6.07) is 3.53. The van der Waals surface area contributed by atoms with Crippen molar-refractivity contribution in [2.75, 3.05) is 0 Å². The highest BCUT2D eigenvalue weighted by Crippen LogP contribution is 2.41. The van der Waals surface area contributed by atoms with Gasteiger partial charge in [-0.1, -0.05) is 49.8 Å². The topological polar surface area (TPSA) is 0 Å². The second kappa shape index (κ2) is 11.1. The standard InChI is InChI=1S/C30H42F2/c1-3-4-22-8-14-25(15-9-22)26-16-10-23(11-17-26)6-7-24-12-18-27(19-13-24)28-20-5-21(2)29(31)30(28)32/h5-8,14,20,22-27H,3-4,9-13,15-19H2,1-2H3/b7-6+. The predicted molar refractivity (Wildman–Crippen MR) is 131 cm³/mol. The van der Waals surface area contributed by atoms with Crippen LogP contribution in [0.25, 0.3) is 0 Å². The molecular formula is C30H42F2. The van der Waals surface area contributed by atoms with Crippen molar-refractivity contribution in [2.45, 2.75) is 96.8 Å². The SMILES string of the molecule is CCCC1C=CC(C2CCC(/C=C/C3CCC(c4ccc(C)c(F)c4F)CC3)CC2)CC1. The maximum Gasteiger partial charge on any atom is 0.162 e. The summed E-state index contributed by atoms with van der Waals surface area (Å²) < 4.78 is 28.3. The molecule has 0 saturated heterocycles. The molecule has 2 unspecified atom stereocenters. The van der Waals surface area contributed by atoms with Crippen LogP contribution >= 0.6 is 0 Å². The largest absolute Gasteiger partial charge is 0.203 e. The van der Waals surface area contributed by atoms with Crippen molar-refractivity contribution in [1.29, 1.82) is 0 Å². The van der Waals surface area contributed by atoms with E-state index < -0.39 is 11.6 Å². The summed E-state index contributed by atoms with van der Waals surface area (Å²) in [4.78, 5) is 0. The zero-order valence-electron chi connectivity index (χ0n) is 20.2. The molecule has 0 spiro atoms. The fraction of sp³-hybridized carbons (Fsp3) is 0.667. The molecule has 1 aromatic carbocycles. The van der Waals surface area contributed by atoms with Crippen molar-refractivity contribution < 1.29 is 8.78 Å². The molecule has 0 nitrogen and oxygen atoms in total. The van der Waals surface area contributed by atoms with Gasteiger partial charge in [-0.2, -0.15) is 0 Å². The number of halogens is 2. The lowest BCUT2D eigenvalue weighted by Gasteiger charge is -2.34. The van der Waals surface area contributed by atoms with Gasteiger partial charge in [-0.3, -0.25) is 0 Å². The van der Waals surface area contributed by atoms with Crippen LogP contribution in [0.3, 0.4) is 0 Å². The Balaban J connectivity index is 1.21. The minimum absolute atomic E-state index is 0.172. The molecule has 176 valence electrons. The van der Waals surface area contributed by atoms with Crippen molar-refractivity contribution in [1.82, 2.24) is 0 Å². The Hall–Kier alpha value is -1.44. The van der Waals surface area contributed by atoms with Crippen molar-refractivity contribution in [3.8, 4) is 0 Å². The number of rotatable bonds is 6. The lowest BCUT2D eigenvalue weighted by molar-refractivity contribution is 0.230. The molecule has 3 aliphatic rings. The van der Waals surface area contributed by atoms with Crippen LogP contribution in [-0.2, 0) is 0 Å². The zero-order valence-corrected chi connectivity index (χ0v) is 20.2. The molecular weight excluding hydrogens is 398 g/mol. The maximum absolute atomic E-state index is 14.4. The van der Waals surface area contributed by atoms with Gasteiger partial charge in [-0.15, -0.1) is 0 Å². The first-order chi connectivity index (χ1) is 15.5. The van der Waals surface area contributed by atoms with E-state index in [1.54, 1.807) is 19.1 Å². The van der Waals surface area contributed by atoms with Crippen LogP contribution < -0.4 is 0 Å². The fourth-order valence-corrected chi connectivity index (χ4v) is 6.58. The van der Waals surface area contributed by atoms with E-state index in [-0.39, 0.29) is 5.92 Å². The third-order valence-corrected chi connectivity index (χ3v) is 8.76. The Morgan fingerprint density at radius 1 is 0.781 bits per heavy atom. The average molecular weight is 441 g/mol. The minimum Gasteiger partial charge on any atom is -0.203 e. The van der Waals surface area contributed by atoms with E-state index >= 15 is 0 Å². The van der Waals surface area contributed by atoms with Crippen molar-refractivity contribution >= 4 is 0 Å². The molecule has 0 radical (unpaired) electrons. The number of benzene rings is 1. The number of allylic oxidation sites excluding steroid dienone is 4. The van der Waals surface area contributed by atoms with Gasteiger partial charge in [0.2, 0.25) is 0 Å². The van der Waals surface area contributed by atoms with Gasteiger partial charge in [-0.25, -0.2) is 8.78 Å². The molecule has 2 heteroatoms. The number of hydrogen-bond acceptors (Lipinski definition) is 0. The lowest BCUT2D eigenvalue weighted by Crippen LogP contribution is -2.22. The molecule has 2 fully saturated rings. The van der Waals surface area contributed by atoms with E-state index in [1.807, 2.05) is 0 Å². The quantitative estimate of drug-likeness (QED) is 0.387. The number of hydrogen-bond donors (Lipinski definition) is 0. The van der Waals surface area contributed by atoms with Gasteiger partial charge in [0.05, 0.1) is 0 Å². The fourth-order valence-electron chi connectivity index (χ4n) is 6.58. The molecule has 32 heavy (non-hydrogen) atoms. The van der Waals surface area contributed by atoms with Crippen LogP contribution in [0.2, 0.25) is 0 Å². The molecule has 0 N–H and O–H groups in total. The van der Waals surface area contributed by atoms with Gasteiger partial charge in [0.15, 0.2) is 11.6 Å². The first kappa shape index (κ1) is 23.7. The Morgan fingerprint density at radius 2 is 1.44 bits per heavy atom. The molecule has 0 amide bonds. The molecule has 2 saturated carbocycles. The number of aryl methyl sites for hydroxylation is 1. The van der Waals surface area contributed by atoms with Crippen molar-refractivity contribution in [2.24, 2.45) is 29.6 Å². The minimum atomic E-state index is -0.662. The van der Waals surface area contributed by atoms with Crippen LogP contribution in [0.5, 0.6) is 0 Å². The Kier molecular flexibility index (Phi) is 8.24. The third-order valence-electron chi connectivity index (χ3n) is 8.76. The second-order valence-electron chi connectivity index (χ2n) is 10.9. The van der Waals surface area contributed by atoms with E-state index in [4.69, 9.17) is 0 Å². The van der Waals surface area contributed by atoms with E-state index in [9.17, 15) is 8.78 Å². The summed E-state index contributed by atoms with van der Waals surface area (Å²) >= 11 is 0. The highest BCUT2D eigenvalue weighted by molar-refractivity contribution is 5.28. The zero-order chi connectivity index (χ0) is 22.5. The smallest absolute Gasteiger partial charge is 0.162 e. The molecule has 1 aromatic rings. The van der Waals surface area contributed by atoms with Crippen LogP contribution in [-0.4, -0.2) is 0 Å². The van der Waals surface area contributed by atoms with Gasteiger partial charge in [0.25, 0.3) is 0 Å². The molecule has 4 rings (SSSR count). The summed E-state index contributed by atoms with van der Waals surface area (Å²) in [6.07, 6.45) is 25.1. The monoisotopic (exact) mass is 440 g/mol. The first-order valence-electron chi connectivity index (χ1n) is 13.4. The summed E-state index contributed by atoms with van der Waals surface area (Å²) in [6.45, 7) is 3.93. The van der Waals surface area contributed by atoms with E-state index in [0.717, 1.165) is 49.4 Å². The predicted octanol–water partition coefficient (Wildman–Crippen LogP) is 9.29. The molecule has 0 heterocycles. The summed E-state index contributed by atoms with van der Waals surface area (Å²) in [7, 11) is 0. The summed E-state index contributed by atoms with van der Waals surface area (Å²) in [5, 5.41) is 0. The highest BCUT2D eigenvalue weighted by Gasteiger charge is 2.28. The van der Waals surface area contributed by atoms with Crippen LogP contribution in [0, 0.1) is 48.1 Å². The third kappa shape index (κ3) is 5.72. The summed E-state index contributed by atoms with van der Waals surface area (Å²) in [5.74, 6) is 2.82. The van der Waals surface area contributed by atoms with E-state index in [1.165, 1.54) is 51.4 Å².